The summed E-state index contributed by atoms with van der Waals surface area (Å²) >= 11 is 0. The Morgan fingerprint density at radius 3 is 3.19 bits per heavy atom. The van der Waals surface area contributed by atoms with Gasteiger partial charge in [-0.3, -0.25) is 4.79 Å². The maximum Gasteiger partial charge on any atom is 0.183 e. The molecule has 4 heteroatoms. The number of aromatic amines is 1. The minimum atomic E-state index is 0.0511. The van der Waals surface area contributed by atoms with E-state index >= 15 is 0 Å². The molecule has 1 aliphatic rings. The molecule has 3 rings (SSSR count). The molecule has 0 spiro atoms. The summed E-state index contributed by atoms with van der Waals surface area (Å²) < 4.78 is 1.98. The Bertz CT molecular complexity index is 549. The van der Waals surface area contributed by atoms with Gasteiger partial charge in [-0.15, -0.1) is 0 Å². The fourth-order valence-electron chi connectivity index (χ4n) is 2.36. The van der Waals surface area contributed by atoms with Gasteiger partial charge in [0.1, 0.15) is 5.65 Å². The van der Waals surface area contributed by atoms with Crippen molar-refractivity contribution in [3.8, 4) is 0 Å². The van der Waals surface area contributed by atoms with Crippen LogP contribution in [-0.2, 0) is 0 Å². The van der Waals surface area contributed by atoms with Crippen molar-refractivity contribution in [3.05, 3.63) is 40.4 Å². The lowest BCUT2D eigenvalue weighted by molar-refractivity contribution is 0.456. The first-order chi connectivity index (χ1) is 7.83. The van der Waals surface area contributed by atoms with Gasteiger partial charge >= 0.3 is 0 Å². The Labute approximate surface area is 93.3 Å². The minimum Gasteiger partial charge on any atom is -0.343 e. The third kappa shape index (κ3) is 1.65. The number of aromatic nitrogens is 2. The zero-order chi connectivity index (χ0) is 11.0. The maximum atomic E-state index is 11.2. The molecule has 0 radical (unpaired) electrons. The van der Waals surface area contributed by atoms with Gasteiger partial charge in [-0.2, -0.15) is 0 Å². The van der Waals surface area contributed by atoms with E-state index in [1.807, 2.05) is 10.6 Å². The van der Waals surface area contributed by atoms with E-state index in [2.05, 4.69) is 16.5 Å². The number of hydrogen-bond acceptors (Lipinski definition) is 2. The van der Waals surface area contributed by atoms with Gasteiger partial charge in [-0.25, -0.2) is 0 Å². The number of piperidine rings is 1. The van der Waals surface area contributed by atoms with Crippen LogP contribution >= 0.6 is 0 Å². The van der Waals surface area contributed by atoms with E-state index in [0.29, 0.717) is 5.92 Å². The summed E-state index contributed by atoms with van der Waals surface area (Å²) in [6.07, 6.45) is 6.34. The lowest BCUT2D eigenvalue weighted by Gasteiger charge is -2.21. The van der Waals surface area contributed by atoms with E-state index in [4.69, 9.17) is 0 Å². The lowest BCUT2D eigenvalue weighted by atomic mass is 9.97. The van der Waals surface area contributed by atoms with E-state index < -0.39 is 0 Å². The molecule has 1 aliphatic heterocycles. The molecule has 1 atom stereocenters. The number of rotatable bonds is 1. The van der Waals surface area contributed by atoms with Crippen LogP contribution in [0.15, 0.2) is 29.3 Å². The Morgan fingerprint density at radius 2 is 2.38 bits per heavy atom. The number of fused-ring (bicyclic) bond motifs is 1. The summed E-state index contributed by atoms with van der Waals surface area (Å²) in [7, 11) is 0. The van der Waals surface area contributed by atoms with Gasteiger partial charge in [0.2, 0.25) is 0 Å². The van der Waals surface area contributed by atoms with Crippen LogP contribution in [0.3, 0.4) is 0 Å². The first-order valence-electron chi connectivity index (χ1n) is 5.74. The standard InChI is InChI=1S/C12H15N3O/c16-10-3-5-15-8-11(14-12(15)6-10)9-2-1-4-13-7-9/h3,5-6,8-9,13-14H,1-2,4,7H2. The predicted molar refractivity (Wildman–Crippen MR) is 62.9 cm³/mol. The molecule has 2 N–H and O–H groups in total. The third-order valence-electron chi connectivity index (χ3n) is 3.24. The van der Waals surface area contributed by atoms with Crippen LogP contribution in [0.25, 0.3) is 5.65 Å². The van der Waals surface area contributed by atoms with Gasteiger partial charge in [-0.05, 0) is 19.4 Å². The summed E-state index contributed by atoms with van der Waals surface area (Å²) in [5, 5.41) is 3.40. The summed E-state index contributed by atoms with van der Waals surface area (Å²) in [5.74, 6) is 0.545. The predicted octanol–water partition coefficient (Wildman–Crippen LogP) is 1.09. The Morgan fingerprint density at radius 1 is 1.44 bits per heavy atom. The Balaban J connectivity index is 2.00. The molecule has 4 nitrogen and oxygen atoms in total. The van der Waals surface area contributed by atoms with Gasteiger partial charge in [0.15, 0.2) is 5.43 Å². The highest BCUT2D eigenvalue weighted by atomic mass is 16.1. The van der Waals surface area contributed by atoms with Gasteiger partial charge in [0, 0.05) is 42.7 Å². The highest BCUT2D eigenvalue weighted by molar-refractivity contribution is 5.40. The molecule has 0 aromatic carbocycles. The van der Waals surface area contributed by atoms with Crippen LogP contribution in [0.2, 0.25) is 0 Å². The van der Waals surface area contributed by atoms with Crippen molar-refractivity contribution in [2.75, 3.05) is 13.1 Å². The van der Waals surface area contributed by atoms with Crippen molar-refractivity contribution in [2.45, 2.75) is 18.8 Å². The largest absolute Gasteiger partial charge is 0.343 e. The van der Waals surface area contributed by atoms with Gasteiger partial charge in [0.05, 0.1) is 0 Å². The minimum absolute atomic E-state index is 0.0511. The molecule has 84 valence electrons. The van der Waals surface area contributed by atoms with Crippen LogP contribution in [0.5, 0.6) is 0 Å². The number of H-pyrrole nitrogens is 1. The van der Waals surface area contributed by atoms with Gasteiger partial charge in [0.25, 0.3) is 0 Å². The average Bonchev–Trinajstić information content (AvgIpc) is 2.73. The number of hydrogen-bond donors (Lipinski definition) is 2. The van der Waals surface area contributed by atoms with E-state index in [1.54, 1.807) is 12.1 Å². The van der Waals surface area contributed by atoms with E-state index in [9.17, 15) is 4.79 Å². The molecule has 0 amide bonds. The van der Waals surface area contributed by atoms with Crippen LogP contribution < -0.4 is 10.7 Å². The molecular weight excluding hydrogens is 202 g/mol. The SMILES string of the molecule is O=c1ccn2cc(C3CCCNC3)[nH]c2c1. The summed E-state index contributed by atoms with van der Waals surface area (Å²) in [6, 6.07) is 3.23. The van der Waals surface area contributed by atoms with Crippen molar-refractivity contribution in [3.63, 3.8) is 0 Å². The molecule has 3 heterocycles. The molecule has 1 fully saturated rings. The third-order valence-corrected chi connectivity index (χ3v) is 3.24. The second kappa shape index (κ2) is 3.79. The number of imidazole rings is 1. The van der Waals surface area contributed by atoms with Crippen molar-refractivity contribution in [2.24, 2.45) is 0 Å². The Hall–Kier alpha value is -1.55. The first kappa shape index (κ1) is 9.66. The van der Waals surface area contributed by atoms with Gasteiger partial charge in [-0.1, -0.05) is 0 Å². The molecular formula is C12H15N3O. The molecule has 2 aromatic rings. The molecule has 2 aromatic heterocycles. The molecule has 0 aliphatic carbocycles. The van der Waals surface area contributed by atoms with Crippen molar-refractivity contribution >= 4 is 5.65 Å². The van der Waals surface area contributed by atoms with Crippen LogP contribution in [-0.4, -0.2) is 22.5 Å². The van der Waals surface area contributed by atoms with Crippen LogP contribution in [0, 0.1) is 0 Å². The van der Waals surface area contributed by atoms with Crippen molar-refractivity contribution < 1.29 is 0 Å². The monoisotopic (exact) mass is 217 g/mol. The maximum absolute atomic E-state index is 11.2. The summed E-state index contributed by atoms with van der Waals surface area (Å²) in [6.45, 7) is 2.15. The molecule has 1 unspecified atom stereocenters. The van der Waals surface area contributed by atoms with E-state index in [-0.39, 0.29) is 5.43 Å². The lowest BCUT2D eigenvalue weighted by Crippen LogP contribution is -2.28. The Kier molecular flexibility index (Phi) is 2.29. The smallest absolute Gasteiger partial charge is 0.183 e. The molecule has 0 saturated carbocycles. The van der Waals surface area contributed by atoms with E-state index in [0.717, 1.165) is 18.7 Å². The zero-order valence-electron chi connectivity index (χ0n) is 9.07. The second-order valence-electron chi connectivity index (χ2n) is 4.41. The average molecular weight is 217 g/mol. The number of nitrogens with zero attached hydrogens (tertiary/aromatic N) is 1. The normalized spacial score (nSPS) is 21.4. The number of pyridine rings is 1. The fourth-order valence-corrected chi connectivity index (χ4v) is 2.36. The highest BCUT2D eigenvalue weighted by Crippen LogP contribution is 2.22. The van der Waals surface area contributed by atoms with E-state index in [1.165, 1.54) is 18.5 Å². The highest BCUT2D eigenvalue weighted by Gasteiger charge is 2.16. The fraction of sp³-hybridized carbons (Fsp3) is 0.417. The van der Waals surface area contributed by atoms with Crippen molar-refractivity contribution in [1.82, 2.24) is 14.7 Å². The zero-order valence-corrected chi connectivity index (χ0v) is 9.07. The quantitative estimate of drug-likeness (QED) is 0.751. The number of nitrogens with one attached hydrogen (secondary N) is 2. The first-order valence-corrected chi connectivity index (χ1v) is 5.74. The molecule has 16 heavy (non-hydrogen) atoms. The summed E-state index contributed by atoms with van der Waals surface area (Å²) in [5.41, 5.74) is 2.15. The van der Waals surface area contributed by atoms with Crippen LogP contribution in [0.1, 0.15) is 24.5 Å². The second-order valence-corrected chi connectivity index (χ2v) is 4.41. The van der Waals surface area contributed by atoms with Crippen molar-refractivity contribution in [1.29, 1.82) is 0 Å². The molecule has 0 bridgehead atoms. The topological polar surface area (TPSA) is 49.3 Å². The summed E-state index contributed by atoms with van der Waals surface area (Å²) in [4.78, 5) is 14.6. The van der Waals surface area contributed by atoms with Gasteiger partial charge < -0.3 is 14.7 Å². The molecule has 1 saturated heterocycles. The van der Waals surface area contributed by atoms with Crippen LogP contribution in [0.4, 0.5) is 0 Å².